The molecule has 0 aromatic rings. The molecule has 4 aliphatic rings. The van der Waals surface area contributed by atoms with E-state index in [1.165, 1.54) is 0 Å². The van der Waals surface area contributed by atoms with Crippen molar-refractivity contribution < 1.29 is 14.7 Å². The second kappa shape index (κ2) is 6.04. The number of halogens is 1. The first-order valence-electron chi connectivity index (χ1n) is 10.8. The number of hydrogen-bond acceptors (Lipinski definition) is 3. The van der Waals surface area contributed by atoms with Crippen LogP contribution < -0.4 is 0 Å². The third kappa shape index (κ3) is 2.10. The molecule has 0 spiro atoms. The maximum absolute atomic E-state index is 13.1. The Bertz CT molecular complexity index is 800. The van der Waals surface area contributed by atoms with Crippen molar-refractivity contribution in [3.8, 4) is 0 Å². The number of Topliss-reactive ketones (excluding diaryl/α,β-unsaturated/α-hetero) is 1. The molecule has 0 radical (unpaired) electrons. The number of rotatable bonds is 2. The van der Waals surface area contributed by atoms with Gasteiger partial charge in [0.2, 0.25) is 0 Å². The van der Waals surface area contributed by atoms with Crippen molar-refractivity contribution in [2.75, 3.05) is 0 Å². The Kier molecular flexibility index (Phi) is 4.39. The molecule has 3 fully saturated rings. The Labute approximate surface area is 173 Å². The van der Waals surface area contributed by atoms with Gasteiger partial charge in [0.05, 0.1) is 11.0 Å². The molecule has 0 unspecified atom stereocenters. The van der Waals surface area contributed by atoms with E-state index in [0.29, 0.717) is 24.5 Å². The van der Waals surface area contributed by atoms with Crippen LogP contribution in [0, 0.1) is 34.0 Å². The molecular weight excluding hydrogens is 372 g/mol. The number of aliphatic hydroxyl groups is 1. The van der Waals surface area contributed by atoms with Gasteiger partial charge in [0.1, 0.15) is 5.78 Å². The lowest BCUT2D eigenvalue weighted by Crippen LogP contribution is -2.67. The topological polar surface area (TPSA) is 54.4 Å². The van der Waals surface area contributed by atoms with Crippen molar-refractivity contribution in [1.82, 2.24) is 0 Å². The predicted octanol–water partition coefficient (Wildman–Crippen LogP) is 4.86. The zero-order valence-electron chi connectivity index (χ0n) is 17.7. The summed E-state index contributed by atoms with van der Waals surface area (Å²) in [5.74, 6) is 1.02. The van der Waals surface area contributed by atoms with Crippen LogP contribution in [-0.4, -0.2) is 27.7 Å². The average molecular weight is 405 g/mol. The highest BCUT2D eigenvalue weighted by molar-refractivity contribution is 6.26. The second-order valence-electron chi connectivity index (χ2n) is 10.4. The lowest BCUT2D eigenvalue weighted by atomic mass is 9.44. The number of hydrogen-bond donors (Lipinski definition) is 1. The minimum atomic E-state index is -0.835. The third-order valence-electron chi connectivity index (χ3n) is 9.71. The first kappa shape index (κ1) is 20.3. The fourth-order valence-electron chi connectivity index (χ4n) is 7.73. The van der Waals surface area contributed by atoms with Gasteiger partial charge in [-0.25, -0.2) is 0 Å². The monoisotopic (exact) mass is 404 g/mol. The van der Waals surface area contributed by atoms with Crippen LogP contribution in [0.2, 0.25) is 0 Å². The number of alkyl halides is 1. The van der Waals surface area contributed by atoms with Crippen LogP contribution in [-0.2, 0) is 9.59 Å². The number of carbonyl (C=O) groups excluding carboxylic acids is 2. The predicted molar refractivity (Wildman–Crippen MR) is 111 cm³/mol. The van der Waals surface area contributed by atoms with Crippen LogP contribution in [0.3, 0.4) is 0 Å². The van der Waals surface area contributed by atoms with Crippen LogP contribution in [0.15, 0.2) is 23.8 Å². The zero-order valence-corrected chi connectivity index (χ0v) is 18.5. The van der Waals surface area contributed by atoms with E-state index in [4.69, 9.17) is 11.6 Å². The van der Waals surface area contributed by atoms with Gasteiger partial charge < -0.3 is 5.11 Å². The second-order valence-corrected chi connectivity index (χ2v) is 11.0. The van der Waals surface area contributed by atoms with E-state index in [1.807, 2.05) is 13.0 Å². The molecule has 3 saturated carbocycles. The molecule has 0 aromatic carbocycles. The minimum absolute atomic E-state index is 0.0111. The summed E-state index contributed by atoms with van der Waals surface area (Å²) in [6.45, 7) is 10.6. The number of ketones is 2. The number of carbonyl (C=O) groups is 2. The van der Waals surface area contributed by atoms with Gasteiger partial charge in [-0.05, 0) is 61.0 Å². The van der Waals surface area contributed by atoms with Crippen molar-refractivity contribution >= 4 is 23.2 Å². The first-order chi connectivity index (χ1) is 13.0. The fourth-order valence-corrected chi connectivity index (χ4v) is 8.25. The van der Waals surface area contributed by atoms with Gasteiger partial charge in [-0.3, -0.25) is 9.59 Å². The van der Waals surface area contributed by atoms with Gasteiger partial charge in [-0.15, -0.1) is 11.6 Å². The highest BCUT2D eigenvalue weighted by atomic mass is 35.5. The van der Waals surface area contributed by atoms with E-state index >= 15 is 0 Å². The van der Waals surface area contributed by atoms with Crippen molar-refractivity contribution in [2.24, 2.45) is 34.0 Å². The van der Waals surface area contributed by atoms with E-state index < -0.39 is 21.8 Å². The molecule has 0 aliphatic heterocycles. The molecule has 8 atom stereocenters. The van der Waals surface area contributed by atoms with Crippen LogP contribution in [0.4, 0.5) is 0 Å². The van der Waals surface area contributed by atoms with E-state index in [0.717, 1.165) is 24.8 Å². The van der Waals surface area contributed by atoms with Crippen LogP contribution in [0.1, 0.15) is 66.7 Å². The molecule has 4 aliphatic carbocycles. The molecule has 0 heterocycles. The summed E-state index contributed by atoms with van der Waals surface area (Å²) in [5.41, 5.74) is -0.162. The van der Waals surface area contributed by atoms with Crippen LogP contribution in [0.25, 0.3) is 0 Å². The summed E-state index contributed by atoms with van der Waals surface area (Å²) in [6, 6.07) is 0. The summed E-state index contributed by atoms with van der Waals surface area (Å²) in [5, 5.41) is 11.5. The molecule has 0 amide bonds. The van der Waals surface area contributed by atoms with E-state index in [9.17, 15) is 14.7 Å². The summed E-state index contributed by atoms with van der Waals surface area (Å²) in [7, 11) is 0. The zero-order chi connectivity index (χ0) is 20.7. The molecular formula is C24H33ClO3. The largest absolute Gasteiger partial charge is 0.391 e. The Balaban J connectivity index is 1.84. The fraction of sp³-hybridized carbons (Fsp3) is 0.750. The average Bonchev–Trinajstić information content (AvgIpc) is 2.84. The maximum Gasteiger partial charge on any atom is 0.178 e. The quantitative estimate of drug-likeness (QED) is 0.669. The van der Waals surface area contributed by atoms with Crippen molar-refractivity contribution in [1.29, 1.82) is 0 Å². The van der Waals surface area contributed by atoms with Gasteiger partial charge >= 0.3 is 0 Å². The van der Waals surface area contributed by atoms with Gasteiger partial charge in [-0.2, -0.15) is 0 Å². The number of aliphatic hydroxyl groups excluding tert-OH is 1. The Morgan fingerprint density at radius 3 is 2.61 bits per heavy atom. The van der Waals surface area contributed by atoms with Crippen LogP contribution >= 0.6 is 11.6 Å². The summed E-state index contributed by atoms with van der Waals surface area (Å²) < 4.78 is 0. The molecule has 1 N–H and O–H groups in total. The lowest BCUT2D eigenvalue weighted by molar-refractivity contribution is -0.151. The van der Waals surface area contributed by atoms with Crippen molar-refractivity contribution in [3.63, 3.8) is 0 Å². The Hall–Kier alpha value is -0.930. The highest BCUT2D eigenvalue weighted by Gasteiger charge is 2.73. The number of allylic oxidation sites excluding steroid dienone is 4. The van der Waals surface area contributed by atoms with Gasteiger partial charge in [0.25, 0.3) is 0 Å². The Morgan fingerprint density at radius 2 is 1.96 bits per heavy atom. The summed E-state index contributed by atoms with van der Waals surface area (Å²) in [4.78, 5) is 24.2. The normalized spacial score (nSPS) is 52.5. The van der Waals surface area contributed by atoms with Crippen LogP contribution in [0.5, 0.6) is 0 Å². The molecule has 0 saturated heterocycles. The van der Waals surface area contributed by atoms with E-state index in [2.05, 4.69) is 27.7 Å². The lowest BCUT2D eigenvalue weighted by Gasteiger charge is -2.64. The molecule has 0 bridgehead atoms. The molecule has 28 heavy (non-hydrogen) atoms. The van der Waals surface area contributed by atoms with Gasteiger partial charge in [-0.1, -0.05) is 46.3 Å². The van der Waals surface area contributed by atoms with E-state index in [-0.39, 0.29) is 23.0 Å². The summed E-state index contributed by atoms with van der Waals surface area (Å²) in [6.07, 6.45) is 8.29. The van der Waals surface area contributed by atoms with Gasteiger partial charge in [0.15, 0.2) is 5.78 Å². The number of fused-ring (bicyclic) bond motifs is 5. The van der Waals surface area contributed by atoms with Gasteiger partial charge in [0, 0.05) is 17.3 Å². The summed E-state index contributed by atoms with van der Waals surface area (Å²) >= 11 is 7.43. The maximum atomic E-state index is 13.1. The molecule has 4 heteroatoms. The highest BCUT2D eigenvalue weighted by Crippen LogP contribution is 2.73. The molecule has 154 valence electrons. The third-order valence-corrected chi connectivity index (χ3v) is 10.6. The van der Waals surface area contributed by atoms with Crippen molar-refractivity contribution in [2.45, 2.75) is 77.7 Å². The Morgan fingerprint density at radius 1 is 1.29 bits per heavy atom. The smallest absolute Gasteiger partial charge is 0.178 e. The first-order valence-corrected chi connectivity index (χ1v) is 11.2. The minimum Gasteiger partial charge on any atom is -0.391 e. The van der Waals surface area contributed by atoms with Crippen molar-refractivity contribution in [3.05, 3.63) is 23.8 Å². The standard InChI is InChI=1S/C24H33ClO3/c1-6-19(27)23(5)14(2)11-18-17-8-7-15-12-16(26)9-10-21(15,3)24(17,25)20(28)13-22(18,23)4/h9-10,12,14,17-18,20,28H,6-8,11,13H2,1-5H3/t14-,17-,18-,20-,21-,22-,23+,24-/m0/s1. The van der Waals surface area contributed by atoms with E-state index in [1.54, 1.807) is 12.2 Å². The SMILES string of the molecule is CCC(=O)[C@@]1(C)[C@@H](C)C[C@H]2[C@@H]3CCC4=CC(=O)C=C[C@]4(C)[C@@]3(Cl)[C@@H](O)C[C@@]21C. The molecule has 4 rings (SSSR count). The molecule has 0 aromatic heterocycles. The molecule has 3 nitrogen and oxygen atoms in total.